The van der Waals surface area contributed by atoms with Gasteiger partial charge in [0.15, 0.2) is 0 Å². The Labute approximate surface area is 114 Å². The van der Waals surface area contributed by atoms with Crippen molar-refractivity contribution in [2.75, 3.05) is 31.2 Å². The SMILES string of the molecule is CCC(CCO)CNc1cc(N)ccc1C(=O)NC. The van der Waals surface area contributed by atoms with Gasteiger partial charge in [0, 0.05) is 31.6 Å². The maximum atomic E-state index is 11.8. The standard InChI is InChI=1S/C14H23N3O2/c1-3-10(6-7-18)9-17-13-8-11(15)4-5-12(13)14(19)16-2/h4-5,8,10,17-18H,3,6-7,9,15H2,1-2H3,(H,16,19). The van der Waals surface area contributed by atoms with Crippen molar-refractivity contribution < 1.29 is 9.90 Å². The first-order chi connectivity index (χ1) is 9.12. The predicted octanol–water partition coefficient (Wildman–Crippen LogP) is 1.45. The maximum Gasteiger partial charge on any atom is 0.253 e. The fraction of sp³-hybridized carbons (Fsp3) is 0.500. The predicted molar refractivity (Wildman–Crippen MR) is 78.2 cm³/mol. The van der Waals surface area contributed by atoms with E-state index in [2.05, 4.69) is 17.6 Å². The molecule has 0 aliphatic carbocycles. The van der Waals surface area contributed by atoms with Crippen molar-refractivity contribution >= 4 is 17.3 Å². The van der Waals surface area contributed by atoms with Crippen LogP contribution in [0.3, 0.4) is 0 Å². The van der Waals surface area contributed by atoms with Crippen molar-refractivity contribution in [3.63, 3.8) is 0 Å². The zero-order valence-corrected chi connectivity index (χ0v) is 11.6. The Morgan fingerprint density at radius 1 is 1.47 bits per heavy atom. The molecule has 1 aromatic carbocycles. The Kier molecular flexibility index (Phi) is 6.15. The van der Waals surface area contributed by atoms with E-state index >= 15 is 0 Å². The third kappa shape index (κ3) is 4.44. The number of aliphatic hydroxyl groups is 1. The van der Waals surface area contributed by atoms with Crippen LogP contribution >= 0.6 is 0 Å². The second kappa shape index (κ2) is 7.63. The maximum absolute atomic E-state index is 11.8. The van der Waals surface area contributed by atoms with Crippen molar-refractivity contribution in [1.29, 1.82) is 0 Å². The summed E-state index contributed by atoms with van der Waals surface area (Å²) in [5.41, 5.74) is 7.68. The van der Waals surface area contributed by atoms with Crippen molar-refractivity contribution in [2.24, 2.45) is 5.92 Å². The van der Waals surface area contributed by atoms with Crippen molar-refractivity contribution in [3.05, 3.63) is 23.8 Å². The van der Waals surface area contributed by atoms with Gasteiger partial charge in [0.2, 0.25) is 0 Å². The molecule has 1 unspecified atom stereocenters. The number of rotatable bonds is 7. The Morgan fingerprint density at radius 2 is 2.21 bits per heavy atom. The third-order valence-corrected chi connectivity index (χ3v) is 3.21. The highest BCUT2D eigenvalue weighted by atomic mass is 16.3. The monoisotopic (exact) mass is 265 g/mol. The average molecular weight is 265 g/mol. The Bertz CT molecular complexity index is 421. The Morgan fingerprint density at radius 3 is 2.79 bits per heavy atom. The van der Waals surface area contributed by atoms with Crippen molar-refractivity contribution in [3.8, 4) is 0 Å². The molecular formula is C14H23N3O2. The summed E-state index contributed by atoms with van der Waals surface area (Å²) in [6.07, 6.45) is 1.73. The lowest BCUT2D eigenvalue weighted by molar-refractivity contribution is 0.0964. The summed E-state index contributed by atoms with van der Waals surface area (Å²) in [6.45, 7) is 2.98. The molecule has 1 atom stereocenters. The van der Waals surface area contributed by atoms with Gasteiger partial charge in [0.1, 0.15) is 0 Å². The van der Waals surface area contributed by atoms with Crippen molar-refractivity contribution in [1.82, 2.24) is 5.32 Å². The molecule has 0 aromatic heterocycles. The van der Waals surface area contributed by atoms with Crippen LogP contribution < -0.4 is 16.4 Å². The van der Waals surface area contributed by atoms with E-state index in [-0.39, 0.29) is 12.5 Å². The Hall–Kier alpha value is -1.75. The van der Waals surface area contributed by atoms with Gasteiger partial charge in [-0.15, -0.1) is 0 Å². The molecule has 1 aromatic rings. The van der Waals surface area contributed by atoms with Crippen LogP contribution in [0.25, 0.3) is 0 Å². The Balaban J connectivity index is 2.80. The molecule has 0 spiro atoms. The molecule has 0 radical (unpaired) electrons. The number of hydrogen-bond donors (Lipinski definition) is 4. The van der Waals surface area contributed by atoms with E-state index in [1.54, 1.807) is 25.2 Å². The van der Waals surface area contributed by atoms with Crippen LogP contribution in [0.4, 0.5) is 11.4 Å². The van der Waals surface area contributed by atoms with E-state index in [1.807, 2.05) is 0 Å². The minimum Gasteiger partial charge on any atom is -0.399 e. The molecule has 5 heteroatoms. The van der Waals surface area contributed by atoms with Gasteiger partial charge in [-0.25, -0.2) is 0 Å². The molecule has 19 heavy (non-hydrogen) atoms. The number of amides is 1. The van der Waals surface area contributed by atoms with E-state index < -0.39 is 0 Å². The van der Waals surface area contributed by atoms with Crippen molar-refractivity contribution in [2.45, 2.75) is 19.8 Å². The lowest BCUT2D eigenvalue weighted by Crippen LogP contribution is -2.21. The van der Waals surface area contributed by atoms with Crippen LogP contribution in [0.1, 0.15) is 30.1 Å². The summed E-state index contributed by atoms with van der Waals surface area (Å²) in [7, 11) is 1.60. The molecule has 0 saturated heterocycles. The van der Waals surface area contributed by atoms with Crippen LogP contribution in [0.2, 0.25) is 0 Å². The van der Waals surface area contributed by atoms with Crippen LogP contribution in [0.5, 0.6) is 0 Å². The lowest BCUT2D eigenvalue weighted by Gasteiger charge is -2.17. The number of nitrogens with two attached hydrogens (primary N) is 1. The second-order valence-electron chi connectivity index (χ2n) is 4.55. The number of benzene rings is 1. The second-order valence-corrected chi connectivity index (χ2v) is 4.55. The molecule has 0 aliphatic rings. The summed E-state index contributed by atoms with van der Waals surface area (Å²) in [5, 5.41) is 14.8. The molecule has 0 aliphatic heterocycles. The highest BCUT2D eigenvalue weighted by Crippen LogP contribution is 2.20. The molecular weight excluding hydrogens is 242 g/mol. The fourth-order valence-corrected chi connectivity index (χ4v) is 1.93. The van der Waals surface area contributed by atoms with E-state index in [4.69, 9.17) is 10.8 Å². The molecule has 0 heterocycles. The number of hydrogen-bond acceptors (Lipinski definition) is 4. The first-order valence-electron chi connectivity index (χ1n) is 6.58. The normalized spacial score (nSPS) is 11.9. The van der Waals surface area contributed by atoms with Gasteiger partial charge in [-0.05, 0) is 30.5 Å². The minimum absolute atomic E-state index is 0.141. The lowest BCUT2D eigenvalue weighted by atomic mass is 10.0. The first kappa shape index (κ1) is 15.3. The van der Waals surface area contributed by atoms with Gasteiger partial charge >= 0.3 is 0 Å². The largest absolute Gasteiger partial charge is 0.399 e. The molecule has 1 amide bonds. The zero-order valence-electron chi connectivity index (χ0n) is 11.6. The summed E-state index contributed by atoms with van der Waals surface area (Å²) in [4.78, 5) is 11.8. The van der Waals surface area contributed by atoms with Gasteiger partial charge in [-0.3, -0.25) is 4.79 Å². The third-order valence-electron chi connectivity index (χ3n) is 3.21. The number of aliphatic hydroxyl groups excluding tert-OH is 1. The molecule has 0 saturated carbocycles. The topological polar surface area (TPSA) is 87.4 Å². The van der Waals surface area contributed by atoms with Gasteiger partial charge in [0.05, 0.1) is 5.56 Å². The fourth-order valence-electron chi connectivity index (χ4n) is 1.93. The molecule has 0 fully saturated rings. The molecule has 1 rings (SSSR count). The summed E-state index contributed by atoms with van der Waals surface area (Å²) in [5.74, 6) is 0.238. The number of carbonyl (C=O) groups excluding carboxylic acids is 1. The van der Waals surface area contributed by atoms with E-state index in [0.29, 0.717) is 23.7 Å². The van der Waals surface area contributed by atoms with Crippen LogP contribution in [0.15, 0.2) is 18.2 Å². The first-order valence-corrected chi connectivity index (χ1v) is 6.58. The number of carbonyl (C=O) groups is 1. The van der Waals surface area contributed by atoms with Gasteiger partial charge in [0.25, 0.3) is 5.91 Å². The minimum atomic E-state index is -0.141. The highest BCUT2D eigenvalue weighted by Gasteiger charge is 2.12. The quantitative estimate of drug-likeness (QED) is 0.562. The number of anilines is 2. The van der Waals surface area contributed by atoms with Gasteiger partial charge < -0.3 is 21.5 Å². The molecule has 106 valence electrons. The molecule has 5 N–H and O–H groups in total. The summed E-state index contributed by atoms with van der Waals surface area (Å²) < 4.78 is 0. The van der Waals surface area contributed by atoms with E-state index in [9.17, 15) is 4.79 Å². The summed E-state index contributed by atoms with van der Waals surface area (Å²) >= 11 is 0. The smallest absolute Gasteiger partial charge is 0.253 e. The molecule has 5 nitrogen and oxygen atoms in total. The summed E-state index contributed by atoms with van der Waals surface area (Å²) in [6, 6.07) is 5.18. The van der Waals surface area contributed by atoms with E-state index in [1.165, 1.54) is 0 Å². The van der Waals surface area contributed by atoms with E-state index in [0.717, 1.165) is 18.5 Å². The van der Waals surface area contributed by atoms with Crippen LogP contribution in [0, 0.1) is 5.92 Å². The van der Waals surface area contributed by atoms with Crippen LogP contribution in [-0.2, 0) is 0 Å². The zero-order chi connectivity index (χ0) is 14.3. The van der Waals surface area contributed by atoms with Gasteiger partial charge in [-0.1, -0.05) is 13.3 Å². The number of nitrogens with one attached hydrogen (secondary N) is 2. The average Bonchev–Trinajstić information content (AvgIpc) is 2.42. The van der Waals surface area contributed by atoms with Gasteiger partial charge in [-0.2, -0.15) is 0 Å². The molecule has 0 bridgehead atoms. The highest BCUT2D eigenvalue weighted by molar-refractivity contribution is 6.00. The van der Waals surface area contributed by atoms with Crippen LogP contribution in [-0.4, -0.2) is 31.2 Å². The number of nitrogen functional groups attached to an aromatic ring is 1.